The Morgan fingerprint density at radius 3 is 1.72 bits per heavy atom. The smallest absolute Gasteiger partial charge is 0.0640 e. The van der Waals surface area contributed by atoms with E-state index < -0.39 is 0 Å². The van der Waals surface area contributed by atoms with Gasteiger partial charge in [0.25, 0.3) is 0 Å². The summed E-state index contributed by atoms with van der Waals surface area (Å²) in [5, 5.41) is 15.1. The molecule has 0 spiro atoms. The van der Waals surface area contributed by atoms with Crippen molar-refractivity contribution in [3.63, 3.8) is 0 Å². The van der Waals surface area contributed by atoms with Gasteiger partial charge in [0.1, 0.15) is 0 Å². The number of nitrogens with zero attached hydrogens (tertiary/aromatic N) is 2. The van der Waals surface area contributed by atoms with Crippen LogP contribution >= 0.6 is 11.3 Å². The predicted octanol–water partition coefficient (Wildman–Crippen LogP) is 16.9. The number of thiophene rings is 1. The van der Waals surface area contributed by atoms with Crippen molar-refractivity contribution < 1.29 is 0 Å². The Hall–Kier alpha value is -7.72. The number of fused-ring (bicyclic) bond motifs is 13. The number of rotatable bonds is 5. The summed E-state index contributed by atoms with van der Waals surface area (Å²) in [5.74, 6) is 0. The first kappa shape index (κ1) is 34.2. The fourth-order valence-corrected chi connectivity index (χ4v) is 11.3. The van der Waals surface area contributed by atoms with E-state index in [1.54, 1.807) is 0 Å². The van der Waals surface area contributed by atoms with Gasteiger partial charge in [-0.25, -0.2) is 0 Å². The van der Waals surface area contributed by atoms with Crippen LogP contribution in [0, 0.1) is 0 Å². The fraction of sp³-hybridized carbons (Fsp3) is 0. The molecule has 0 saturated carbocycles. The van der Waals surface area contributed by atoms with Crippen LogP contribution in [0.4, 0.5) is 17.1 Å². The second-order valence-electron chi connectivity index (χ2n) is 16.0. The van der Waals surface area contributed by atoms with Crippen molar-refractivity contribution in [3.05, 3.63) is 218 Å². The van der Waals surface area contributed by atoms with Gasteiger partial charge in [0.05, 0.1) is 27.1 Å². The molecule has 13 aromatic rings. The Balaban J connectivity index is 1.03. The molecule has 0 N–H and O–H groups in total. The van der Waals surface area contributed by atoms with E-state index in [0.717, 1.165) is 17.1 Å². The molecule has 0 aliphatic rings. The summed E-state index contributed by atoms with van der Waals surface area (Å²) in [5.41, 5.74) is 9.42. The Labute approximate surface area is 356 Å². The molecule has 2 nitrogen and oxygen atoms in total. The van der Waals surface area contributed by atoms with Gasteiger partial charge >= 0.3 is 0 Å². The molecule has 61 heavy (non-hydrogen) atoms. The van der Waals surface area contributed by atoms with Crippen molar-refractivity contribution in [1.82, 2.24) is 4.57 Å². The summed E-state index contributed by atoms with van der Waals surface area (Å²) in [6.45, 7) is 0. The van der Waals surface area contributed by atoms with E-state index in [2.05, 4.69) is 228 Å². The van der Waals surface area contributed by atoms with E-state index in [9.17, 15) is 0 Å². The van der Waals surface area contributed by atoms with E-state index in [0.29, 0.717) is 0 Å². The van der Waals surface area contributed by atoms with Crippen molar-refractivity contribution in [2.75, 3.05) is 4.90 Å². The maximum Gasteiger partial charge on any atom is 0.0640 e. The molecule has 0 bridgehead atoms. The van der Waals surface area contributed by atoms with Crippen molar-refractivity contribution in [3.8, 4) is 16.8 Å². The SMILES string of the molecule is c1ccc(-n2c3cc(-c4ccc(N(c5cc6ccccc6c6ccccc56)c5cccc6c5sc5c7ccccc7ccc65)cc4)ccc3c3ccc4ccccc4c32)cc1. The molecule has 3 heteroatoms. The Kier molecular flexibility index (Phi) is 7.51. The van der Waals surface area contributed by atoms with E-state index >= 15 is 0 Å². The van der Waals surface area contributed by atoms with Crippen LogP contribution < -0.4 is 4.90 Å². The molecule has 0 amide bonds. The van der Waals surface area contributed by atoms with Crippen LogP contribution in [0.15, 0.2) is 218 Å². The number of hydrogen-bond acceptors (Lipinski definition) is 2. The molecule has 0 aliphatic heterocycles. The molecule has 13 rings (SSSR count). The molecular weight excluding hydrogens is 757 g/mol. The number of para-hydroxylation sites is 1. The van der Waals surface area contributed by atoms with Crippen molar-refractivity contribution in [2.45, 2.75) is 0 Å². The molecule has 0 fully saturated rings. The van der Waals surface area contributed by atoms with Gasteiger partial charge in [0.2, 0.25) is 0 Å². The van der Waals surface area contributed by atoms with Crippen molar-refractivity contribution >= 4 is 113 Å². The number of hydrogen-bond donors (Lipinski definition) is 0. The van der Waals surface area contributed by atoms with Crippen LogP contribution in [0.25, 0.3) is 102 Å². The first-order valence-corrected chi connectivity index (χ1v) is 21.7. The lowest BCUT2D eigenvalue weighted by Crippen LogP contribution is -2.10. The molecular formula is C58H36N2S. The molecule has 0 radical (unpaired) electrons. The summed E-state index contributed by atoms with van der Waals surface area (Å²) in [7, 11) is 0. The lowest BCUT2D eigenvalue weighted by atomic mass is 9.98. The van der Waals surface area contributed by atoms with Gasteiger partial charge in [-0.2, -0.15) is 0 Å². The third-order valence-electron chi connectivity index (χ3n) is 12.7. The second kappa shape index (κ2) is 13.4. The molecule has 0 saturated heterocycles. The maximum absolute atomic E-state index is 2.50. The fourth-order valence-electron chi connectivity index (χ4n) is 9.92. The lowest BCUT2D eigenvalue weighted by Gasteiger charge is -2.28. The summed E-state index contributed by atoms with van der Waals surface area (Å²) >= 11 is 1.90. The topological polar surface area (TPSA) is 8.17 Å². The van der Waals surface area contributed by atoms with Crippen molar-refractivity contribution in [2.24, 2.45) is 0 Å². The average molecular weight is 793 g/mol. The van der Waals surface area contributed by atoms with E-state index in [-0.39, 0.29) is 0 Å². The largest absolute Gasteiger partial charge is 0.309 e. The summed E-state index contributed by atoms with van der Waals surface area (Å²) in [6, 6.07) is 80.5. The molecule has 11 aromatic carbocycles. The van der Waals surface area contributed by atoms with Crippen LogP contribution in [0.2, 0.25) is 0 Å². The normalized spacial score (nSPS) is 11.9. The van der Waals surface area contributed by atoms with Crippen LogP contribution in [0.3, 0.4) is 0 Å². The summed E-state index contributed by atoms with van der Waals surface area (Å²) in [4.78, 5) is 2.50. The summed E-state index contributed by atoms with van der Waals surface area (Å²) in [6.07, 6.45) is 0. The minimum absolute atomic E-state index is 1.12. The molecule has 284 valence electrons. The first-order chi connectivity index (χ1) is 30.3. The van der Waals surface area contributed by atoms with Gasteiger partial charge < -0.3 is 9.47 Å². The number of aromatic nitrogens is 1. The second-order valence-corrected chi connectivity index (χ2v) is 17.1. The minimum atomic E-state index is 1.12. The van der Waals surface area contributed by atoms with E-state index in [1.807, 2.05) is 11.3 Å². The van der Waals surface area contributed by atoms with Gasteiger partial charge in [0, 0.05) is 48.4 Å². The zero-order valence-corrected chi connectivity index (χ0v) is 33.9. The molecule has 0 atom stereocenters. The lowest BCUT2D eigenvalue weighted by molar-refractivity contribution is 1.19. The third kappa shape index (κ3) is 5.21. The van der Waals surface area contributed by atoms with E-state index in [1.165, 1.54) is 102 Å². The Bertz CT molecular complexity index is 3880. The van der Waals surface area contributed by atoms with Crippen LogP contribution in [0.5, 0.6) is 0 Å². The molecule has 2 heterocycles. The van der Waals surface area contributed by atoms with Crippen LogP contribution in [-0.4, -0.2) is 4.57 Å². The van der Waals surface area contributed by atoms with Crippen molar-refractivity contribution in [1.29, 1.82) is 0 Å². The molecule has 0 unspecified atom stereocenters. The number of benzene rings is 11. The molecule has 2 aromatic heterocycles. The third-order valence-corrected chi connectivity index (χ3v) is 14.0. The Morgan fingerprint density at radius 2 is 0.918 bits per heavy atom. The highest BCUT2D eigenvalue weighted by Crippen LogP contribution is 2.49. The van der Waals surface area contributed by atoms with E-state index in [4.69, 9.17) is 0 Å². The highest BCUT2D eigenvalue weighted by atomic mass is 32.1. The quantitative estimate of drug-likeness (QED) is 0.158. The maximum atomic E-state index is 2.50. The summed E-state index contributed by atoms with van der Waals surface area (Å²) < 4.78 is 5.06. The van der Waals surface area contributed by atoms with Gasteiger partial charge in [-0.3, -0.25) is 0 Å². The van der Waals surface area contributed by atoms with Gasteiger partial charge in [0.15, 0.2) is 0 Å². The number of anilines is 3. The highest BCUT2D eigenvalue weighted by Gasteiger charge is 2.22. The minimum Gasteiger partial charge on any atom is -0.309 e. The zero-order valence-electron chi connectivity index (χ0n) is 33.1. The predicted molar refractivity (Wildman–Crippen MR) is 264 cm³/mol. The first-order valence-electron chi connectivity index (χ1n) is 20.9. The van der Waals surface area contributed by atoms with Gasteiger partial charge in [-0.1, -0.05) is 176 Å². The monoisotopic (exact) mass is 792 g/mol. The van der Waals surface area contributed by atoms with Gasteiger partial charge in [-0.05, 0) is 85.9 Å². The van der Waals surface area contributed by atoms with Crippen LogP contribution in [-0.2, 0) is 0 Å². The van der Waals surface area contributed by atoms with Gasteiger partial charge in [-0.15, -0.1) is 11.3 Å². The standard InChI is InChI=1S/C58H36N2S/c1-2-16-42(17-3-1)60-55-35-40(29-32-49(55)50-33-27-38-13-4-8-19-45(38)56(50)60)37-25-30-43(31-26-37)59(54-36-41-15-6-7-18-44(41)47-21-10-11-22-48(47)54)53-24-12-23-51-52-34-28-39-14-5-9-20-46(39)57(52)61-58(51)53/h1-36H. The zero-order chi connectivity index (χ0) is 40.0. The average Bonchev–Trinajstić information content (AvgIpc) is 3.89. The van der Waals surface area contributed by atoms with Crippen LogP contribution in [0.1, 0.15) is 0 Å². The molecule has 0 aliphatic carbocycles. The Morgan fingerprint density at radius 1 is 0.328 bits per heavy atom. The highest BCUT2D eigenvalue weighted by molar-refractivity contribution is 7.27.